The molecule has 0 spiro atoms. The van der Waals surface area contributed by atoms with Gasteiger partial charge in [0.2, 0.25) is 0 Å². The number of hydrogen-bond donors (Lipinski definition) is 2. The number of aliphatic hydroxyl groups is 1. The molecule has 22 heavy (non-hydrogen) atoms. The molecule has 120 valence electrons. The Kier molecular flexibility index (Phi) is 3.96. The number of anilines is 1. The molecule has 3 N–H and O–H groups in total. The number of nitrogens with zero attached hydrogens (tertiary/aromatic N) is 4. The van der Waals surface area contributed by atoms with E-state index in [1.807, 2.05) is 0 Å². The monoisotopic (exact) mass is 309 g/mol. The number of methoxy groups -OCH3 is 2. The molecule has 0 bridgehead atoms. The summed E-state index contributed by atoms with van der Waals surface area (Å²) in [5.74, 6) is 0.315. The standard InChI is InChI=1S/C13H19N5O4/c1-20-5-13(4-19)8(21-2)3-9(22-13)18-7-17-10-11(14)15-6-16-12(10)18/h6-9,19H,3-5H2,1-2H3,(H2,14,15,16)/t8-,9-,13-/m1/s1. The van der Waals surface area contributed by atoms with Crippen LogP contribution in [0.5, 0.6) is 0 Å². The van der Waals surface area contributed by atoms with Crippen LogP contribution in [0.4, 0.5) is 5.82 Å². The van der Waals surface area contributed by atoms with Gasteiger partial charge in [0.15, 0.2) is 11.5 Å². The maximum Gasteiger partial charge on any atom is 0.167 e. The highest BCUT2D eigenvalue weighted by Crippen LogP contribution is 2.39. The van der Waals surface area contributed by atoms with Crippen molar-refractivity contribution < 1.29 is 19.3 Å². The number of nitrogens with two attached hydrogens (primary N) is 1. The van der Waals surface area contributed by atoms with E-state index in [4.69, 9.17) is 19.9 Å². The van der Waals surface area contributed by atoms with Crippen molar-refractivity contribution in [1.29, 1.82) is 0 Å². The van der Waals surface area contributed by atoms with E-state index in [1.165, 1.54) is 6.33 Å². The lowest BCUT2D eigenvalue weighted by atomic mass is 9.98. The topological polar surface area (TPSA) is 118 Å². The fourth-order valence-corrected chi connectivity index (χ4v) is 2.91. The van der Waals surface area contributed by atoms with Crippen LogP contribution in [0.25, 0.3) is 11.2 Å². The summed E-state index contributed by atoms with van der Waals surface area (Å²) in [6.45, 7) is 0.0157. The molecule has 0 aliphatic carbocycles. The fourth-order valence-electron chi connectivity index (χ4n) is 2.91. The van der Waals surface area contributed by atoms with E-state index in [0.29, 0.717) is 23.4 Å². The summed E-state index contributed by atoms with van der Waals surface area (Å²) in [5.41, 5.74) is 5.99. The second-order valence-electron chi connectivity index (χ2n) is 5.27. The number of aromatic nitrogens is 4. The van der Waals surface area contributed by atoms with Crippen molar-refractivity contribution in [2.24, 2.45) is 0 Å². The van der Waals surface area contributed by atoms with Crippen molar-refractivity contribution in [3.05, 3.63) is 12.7 Å². The van der Waals surface area contributed by atoms with Gasteiger partial charge in [-0.15, -0.1) is 0 Å². The Labute approximate surface area is 127 Å². The smallest absolute Gasteiger partial charge is 0.167 e. The molecular formula is C13H19N5O4. The molecule has 9 nitrogen and oxygen atoms in total. The normalized spacial score (nSPS) is 28.5. The number of hydrogen-bond acceptors (Lipinski definition) is 8. The van der Waals surface area contributed by atoms with E-state index in [1.54, 1.807) is 25.1 Å². The Bertz CT molecular complexity index is 663. The number of fused-ring (bicyclic) bond motifs is 1. The Morgan fingerprint density at radius 2 is 2.27 bits per heavy atom. The van der Waals surface area contributed by atoms with Crippen molar-refractivity contribution in [1.82, 2.24) is 19.5 Å². The van der Waals surface area contributed by atoms with Gasteiger partial charge in [-0.1, -0.05) is 0 Å². The molecule has 0 unspecified atom stereocenters. The highest BCUT2D eigenvalue weighted by molar-refractivity contribution is 5.81. The van der Waals surface area contributed by atoms with Crippen LogP contribution in [0, 0.1) is 0 Å². The van der Waals surface area contributed by atoms with E-state index < -0.39 is 5.60 Å². The maximum atomic E-state index is 9.77. The number of nitrogen functional groups attached to an aromatic ring is 1. The number of ether oxygens (including phenoxy) is 3. The van der Waals surface area contributed by atoms with E-state index in [-0.39, 0.29) is 25.5 Å². The van der Waals surface area contributed by atoms with Gasteiger partial charge in [-0.05, 0) is 0 Å². The van der Waals surface area contributed by atoms with Crippen molar-refractivity contribution in [2.45, 2.75) is 24.4 Å². The summed E-state index contributed by atoms with van der Waals surface area (Å²) >= 11 is 0. The fraction of sp³-hybridized carbons (Fsp3) is 0.615. The predicted octanol–water partition coefficient (Wildman–Crippen LogP) is -0.280. The van der Waals surface area contributed by atoms with Crippen LogP contribution < -0.4 is 5.73 Å². The van der Waals surface area contributed by atoms with Gasteiger partial charge in [-0.2, -0.15) is 0 Å². The van der Waals surface area contributed by atoms with Gasteiger partial charge in [0.05, 0.1) is 25.6 Å². The first-order valence-corrected chi connectivity index (χ1v) is 6.88. The zero-order valence-corrected chi connectivity index (χ0v) is 12.5. The van der Waals surface area contributed by atoms with E-state index in [2.05, 4.69) is 15.0 Å². The average Bonchev–Trinajstić information content (AvgIpc) is 3.10. The number of rotatable bonds is 5. The minimum atomic E-state index is -0.913. The molecule has 1 aliphatic rings. The minimum Gasteiger partial charge on any atom is -0.393 e. The van der Waals surface area contributed by atoms with Crippen LogP contribution in [0.15, 0.2) is 12.7 Å². The molecule has 3 atom stereocenters. The van der Waals surface area contributed by atoms with Crippen molar-refractivity contribution in [3.8, 4) is 0 Å². The van der Waals surface area contributed by atoms with Crippen LogP contribution >= 0.6 is 0 Å². The first-order valence-electron chi connectivity index (χ1n) is 6.88. The molecule has 1 saturated heterocycles. The van der Waals surface area contributed by atoms with Crippen molar-refractivity contribution >= 4 is 17.0 Å². The SMILES string of the molecule is COC[C@@]1(CO)O[C@@H](n2cnc3c(N)ncnc32)C[C@H]1OC. The molecule has 0 aromatic carbocycles. The molecular weight excluding hydrogens is 290 g/mol. The van der Waals surface area contributed by atoms with Crippen LogP contribution in [0.2, 0.25) is 0 Å². The maximum absolute atomic E-state index is 9.77. The van der Waals surface area contributed by atoms with Gasteiger partial charge < -0.3 is 25.1 Å². The van der Waals surface area contributed by atoms with Gasteiger partial charge in [-0.25, -0.2) is 15.0 Å². The second-order valence-corrected chi connectivity index (χ2v) is 5.27. The van der Waals surface area contributed by atoms with E-state index in [0.717, 1.165) is 0 Å². The molecule has 2 aromatic rings. The summed E-state index contributed by atoms with van der Waals surface area (Å²) in [7, 11) is 3.14. The van der Waals surface area contributed by atoms with Crippen LogP contribution in [-0.4, -0.2) is 63.8 Å². The van der Waals surface area contributed by atoms with Gasteiger partial charge in [0, 0.05) is 20.6 Å². The first-order chi connectivity index (χ1) is 10.6. The molecule has 0 saturated carbocycles. The number of imidazole rings is 1. The van der Waals surface area contributed by atoms with E-state index >= 15 is 0 Å². The third-order valence-corrected chi connectivity index (χ3v) is 4.01. The lowest BCUT2D eigenvalue weighted by Crippen LogP contribution is -2.48. The van der Waals surface area contributed by atoms with Crippen LogP contribution in [-0.2, 0) is 14.2 Å². The molecule has 0 amide bonds. The molecule has 3 heterocycles. The lowest BCUT2D eigenvalue weighted by molar-refractivity contribution is -0.160. The van der Waals surface area contributed by atoms with E-state index in [9.17, 15) is 5.11 Å². The summed E-state index contributed by atoms with van der Waals surface area (Å²) in [5, 5.41) is 9.77. The summed E-state index contributed by atoms with van der Waals surface area (Å²) in [6.07, 6.45) is 2.83. The molecule has 2 aromatic heterocycles. The Morgan fingerprint density at radius 1 is 1.45 bits per heavy atom. The zero-order valence-electron chi connectivity index (χ0n) is 12.5. The first kappa shape index (κ1) is 15.1. The molecule has 1 fully saturated rings. The van der Waals surface area contributed by atoms with Crippen LogP contribution in [0.3, 0.4) is 0 Å². The Balaban J connectivity index is 1.97. The largest absolute Gasteiger partial charge is 0.393 e. The molecule has 1 aliphatic heterocycles. The second kappa shape index (κ2) is 5.76. The molecule has 0 radical (unpaired) electrons. The van der Waals surface area contributed by atoms with Gasteiger partial charge in [0.25, 0.3) is 0 Å². The zero-order chi connectivity index (χ0) is 15.7. The molecule has 3 rings (SSSR count). The highest BCUT2D eigenvalue weighted by Gasteiger charge is 2.50. The minimum absolute atomic E-state index is 0.209. The average molecular weight is 309 g/mol. The highest BCUT2D eigenvalue weighted by atomic mass is 16.6. The van der Waals surface area contributed by atoms with Crippen LogP contribution in [0.1, 0.15) is 12.6 Å². The third kappa shape index (κ3) is 2.22. The Morgan fingerprint density at radius 3 is 2.95 bits per heavy atom. The van der Waals surface area contributed by atoms with Crippen molar-refractivity contribution in [3.63, 3.8) is 0 Å². The molecule has 9 heteroatoms. The van der Waals surface area contributed by atoms with Gasteiger partial charge in [-0.3, -0.25) is 4.57 Å². The van der Waals surface area contributed by atoms with Gasteiger partial charge in [0.1, 0.15) is 23.7 Å². The summed E-state index contributed by atoms with van der Waals surface area (Å²) in [6, 6.07) is 0. The third-order valence-electron chi connectivity index (χ3n) is 4.01. The number of aliphatic hydroxyl groups excluding tert-OH is 1. The summed E-state index contributed by atoms with van der Waals surface area (Å²) < 4.78 is 18.5. The quantitative estimate of drug-likeness (QED) is 0.774. The van der Waals surface area contributed by atoms with Gasteiger partial charge >= 0.3 is 0 Å². The Hall–Kier alpha value is -1.81. The predicted molar refractivity (Wildman–Crippen MR) is 77.0 cm³/mol. The summed E-state index contributed by atoms with van der Waals surface area (Å²) in [4.78, 5) is 12.4. The lowest BCUT2D eigenvalue weighted by Gasteiger charge is -2.30. The van der Waals surface area contributed by atoms with Crippen molar-refractivity contribution in [2.75, 3.05) is 33.2 Å².